The topological polar surface area (TPSA) is 75.1 Å². The van der Waals surface area contributed by atoms with E-state index < -0.39 is 0 Å². The second-order valence-corrected chi connectivity index (χ2v) is 9.65. The first-order valence-corrected chi connectivity index (χ1v) is 12.9. The number of pyridine rings is 1. The van der Waals surface area contributed by atoms with Crippen LogP contribution in [-0.2, 0) is 6.54 Å². The van der Waals surface area contributed by atoms with Crippen LogP contribution in [0.5, 0.6) is 0 Å². The lowest BCUT2D eigenvalue weighted by Gasteiger charge is -2.16. The van der Waals surface area contributed by atoms with Crippen LogP contribution in [0.4, 0.5) is 5.69 Å². The number of fused-ring (bicyclic) bond motifs is 1. The summed E-state index contributed by atoms with van der Waals surface area (Å²) >= 11 is 6.06. The number of nitrogens with zero attached hydrogens (tertiary/aromatic N) is 4. The van der Waals surface area contributed by atoms with Crippen molar-refractivity contribution in [3.05, 3.63) is 82.6 Å². The maximum Gasteiger partial charge on any atom is 0.254 e. The number of hydrogen-bond donors (Lipinski definition) is 2. The van der Waals surface area contributed by atoms with Gasteiger partial charge >= 0.3 is 0 Å². The number of aryl methyl sites for hydroxylation is 1. The van der Waals surface area contributed by atoms with Gasteiger partial charge in [-0.05, 0) is 75.6 Å². The number of benzene rings is 2. The fraction of sp³-hybridized carbons (Fsp3) is 0.321. The zero-order valence-electron chi connectivity index (χ0n) is 20.5. The van der Waals surface area contributed by atoms with Gasteiger partial charge in [-0.2, -0.15) is 5.10 Å². The van der Waals surface area contributed by atoms with E-state index in [2.05, 4.69) is 15.5 Å². The summed E-state index contributed by atoms with van der Waals surface area (Å²) in [5.74, 6) is -0.128. The van der Waals surface area contributed by atoms with Crippen molar-refractivity contribution in [3.63, 3.8) is 0 Å². The van der Waals surface area contributed by atoms with Crippen LogP contribution in [0.25, 0.3) is 16.7 Å². The van der Waals surface area contributed by atoms with Crippen molar-refractivity contribution in [3.8, 4) is 5.69 Å². The number of anilines is 1. The van der Waals surface area contributed by atoms with Gasteiger partial charge in [0.2, 0.25) is 0 Å². The van der Waals surface area contributed by atoms with Crippen molar-refractivity contribution in [1.29, 1.82) is 0 Å². The molecule has 0 saturated carbocycles. The maximum absolute atomic E-state index is 13.3. The molecule has 186 valence electrons. The molecule has 8 heteroatoms. The van der Waals surface area contributed by atoms with Crippen molar-refractivity contribution >= 4 is 34.2 Å². The fourth-order valence-electron chi connectivity index (χ4n) is 4.76. The van der Waals surface area contributed by atoms with Gasteiger partial charge < -0.3 is 15.5 Å². The number of para-hydroxylation sites is 1. The van der Waals surface area contributed by atoms with Crippen LogP contribution in [0.15, 0.2) is 60.8 Å². The quantitative estimate of drug-likeness (QED) is 0.307. The molecule has 1 saturated heterocycles. The van der Waals surface area contributed by atoms with Crippen LogP contribution >= 0.6 is 11.6 Å². The number of likely N-dealkylation sites (tertiary alicyclic amines) is 1. The highest BCUT2D eigenvalue weighted by atomic mass is 35.5. The van der Waals surface area contributed by atoms with Crippen LogP contribution < -0.4 is 10.6 Å². The van der Waals surface area contributed by atoms with Crippen molar-refractivity contribution in [2.45, 2.75) is 32.7 Å². The van der Waals surface area contributed by atoms with E-state index in [0.717, 1.165) is 54.1 Å². The molecule has 2 aromatic carbocycles. The average Bonchev–Trinajstić information content (AvgIpc) is 3.54. The molecular weight excluding hydrogens is 472 g/mol. The number of halogens is 1. The van der Waals surface area contributed by atoms with Crippen molar-refractivity contribution in [2.75, 3.05) is 31.5 Å². The Balaban J connectivity index is 1.43. The number of amides is 1. The normalized spacial score (nSPS) is 13.8. The van der Waals surface area contributed by atoms with Gasteiger partial charge in [0.1, 0.15) is 0 Å². The summed E-state index contributed by atoms with van der Waals surface area (Å²) in [7, 11) is 0. The minimum Gasteiger partial charge on any atom is -0.380 e. The van der Waals surface area contributed by atoms with E-state index in [0.29, 0.717) is 29.3 Å². The van der Waals surface area contributed by atoms with Gasteiger partial charge in [-0.3, -0.25) is 4.79 Å². The molecule has 1 aliphatic rings. The van der Waals surface area contributed by atoms with Crippen LogP contribution in [-0.4, -0.2) is 51.8 Å². The molecule has 1 amide bonds. The number of hydrogen-bond acceptors (Lipinski definition) is 5. The Morgan fingerprint density at radius 1 is 1.06 bits per heavy atom. The van der Waals surface area contributed by atoms with Crippen LogP contribution in [0.3, 0.4) is 0 Å². The molecule has 0 radical (unpaired) electrons. The molecule has 2 aromatic heterocycles. The van der Waals surface area contributed by atoms with Crippen LogP contribution in [0.1, 0.15) is 40.9 Å². The second-order valence-electron chi connectivity index (χ2n) is 9.22. The van der Waals surface area contributed by atoms with Crippen molar-refractivity contribution < 1.29 is 4.79 Å². The second kappa shape index (κ2) is 11.1. The Labute approximate surface area is 216 Å². The third kappa shape index (κ3) is 5.37. The third-order valence-electron chi connectivity index (χ3n) is 6.63. The zero-order chi connectivity index (χ0) is 24.9. The largest absolute Gasteiger partial charge is 0.380 e. The monoisotopic (exact) mass is 502 g/mol. The average molecular weight is 503 g/mol. The smallest absolute Gasteiger partial charge is 0.254 e. The van der Waals surface area contributed by atoms with Gasteiger partial charge in [-0.1, -0.05) is 41.9 Å². The third-order valence-corrected chi connectivity index (χ3v) is 6.89. The summed E-state index contributed by atoms with van der Waals surface area (Å²) in [4.78, 5) is 20.5. The van der Waals surface area contributed by atoms with Crippen LogP contribution in [0.2, 0.25) is 5.02 Å². The number of aromatic nitrogens is 3. The van der Waals surface area contributed by atoms with Gasteiger partial charge in [-0.25, -0.2) is 9.67 Å². The maximum atomic E-state index is 13.3. The number of nitrogens with one attached hydrogen (secondary N) is 2. The molecule has 1 aliphatic heterocycles. The molecule has 7 nitrogen and oxygen atoms in total. The predicted molar refractivity (Wildman–Crippen MR) is 145 cm³/mol. The summed E-state index contributed by atoms with van der Waals surface area (Å²) in [6, 6.07) is 17.6. The lowest BCUT2D eigenvalue weighted by molar-refractivity contribution is 0.0952. The lowest BCUT2D eigenvalue weighted by atomic mass is 10.1. The van der Waals surface area contributed by atoms with E-state index in [1.165, 1.54) is 12.8 Å². The first-order valence-electron chi connectivity index (χ1n) is 12.5. The molecule has 0 aliphatic carbocycles. The van der Waals surface area contributed by atoms with Gasteiger partial charge in [0.05, 0.1) is 28.0 Å². The highest BCUT2D eigenvalue weighted by molar-refractivity contribution is 6.30. The fourth-order valence-corrected chi connectivity index (χ4v) is 4.88. The van der Waals surface area contributed by atoms with Gasteiger partial charge in [-0.15, -0.1) is 0 Å². The van der Waals surface area contributed by atoms with Crippen molar-refractivity contribution in [2.24, 2.45) is 0 Å². The van der Waals surface area contributed by atoms with Gasteiger partial charge in [0.25, 0.3) is 5.91 Å². The summed E-state index contributed by atoms with van der Waals surface area (Å²) in [5.41, 5.74) is 4.77. The van der Waals surface area contributed by atoms with Crippen LogP contribution in [0, 0.1) is 6.92 Å². The highest BCUT2D eigenvalue weighted by Crippen LogP contribution is 2.31. The van der Waals surface area contributed by atoms with Gasteiger partial charge in [0.15, 0.2) is 5.65 Å². The Morgan fingerprint density at radius 2 is 1.81 bits per heavy atom. The number of carbonyl (C=O) groups excluding carboxylic acids is 1. The molecular formula is C28H31ClN6O. The number of carbonyl (C=O) groups is 1. The van der Waals surface area contributed by atoms with E-state index in [1.54, 1.807) is 6.20 Å². The minimum atomic E-state index is -0.128. The molecule has 1 fully saturated rings. The molecule has 2 N–H and O–H groups in total. The predicted octanol–water partition coefficient (Wildman–Crippen LogP) is 5.21. The molecule has 5 rings (SSSR count). The molecule has 0 bridgehead atoms. The molecule has 0 unspecified atom stereocenters. The summed E-state index contributed by atoms with van der Waals surface area (Å²) in [6.45, 7) is 6.47. The van der Waals surface area contributed by atoms with E-state index in [4.69, 9.17) is 21.7 Å². The first kappa shape index (κ1) is 24.3. The lowest BCUT2D eigenvalue weighted by Crippen LogP contribution is -2.29. The molecule has 3 heterocycles. The molecule has 4 aromatic rings. The minimum absolute atomic E-state index is 0.128. The Morgan fingerprint density at radius 3 is 2.56 bits per heavy atom. The van der Waals surface area contributed by atoms with Crippen molar-refractivity contribution in [1.82, 2.24) is 25.0 Å². The SMILES string of the molecule is Cc1nn(-c2ccccc2)c2ncc(C(=O)NCCCN3CCCC3)c(NCc3ccc(Cl)cc3)c12. The summed E-state index contributed by atoms with van der Waals surface area (Å²) in [5, 5.41) is 12.9. The van der Waals surface area contributed by atoms with E-state index in [9.17, 15) is 4.79 Å². The number of rotatable bonds is 9. The molecule has 0 atom stereocenters. The molecule has 36 heavy (non-hydrogen) atoms. The van der Waals surface area contributed by atoms with E-state index >= 15 is 0 Å². The Hall–Kier alpha value is -3.42. The Bertz CT molecular complexity index is 1330. The van der Waals surface area contributed by atoms with E-state index in [-0.39, 0.29) is 5.91 Å². The summed E-state index contributed by atoms with van der Waals surface area (Å²) in [6.07, 6.45) is 5.14. The van der Waals surface area contributed by atoms with E-state index in [1.807, 2.05) is 66.2 Å². The summed E-state index contributed by atoms with van der Waals surface area (Å²) < 4.78 is 1.83. The highest BCUT2D eigenvalue weighted by Gasteiger charge is 2.21. The Kier molecular flexibility index (Phi) is 7.49. The zero-order valence-corrected chi connectivity index (χ0v) is 21.3. The first-order chi connectivity index (χ1) is 17.6. The standard InChI is InChI=1S/C28H31ClN6O/c1-20-25-26(31-18-21-10-12-22(29)13-11-21)24(28(36)30-14-7-17-34-15-5-6-16-34)19-32-27(25)35(33-20)23-8-3-2-4-9-23/h2-4,8-13,19H,5-7,14-18H2,1H3,(H,30,36)(H,31,32). The molecule has 0 spiro atoms. The van der Waals surface area contributed by atoms with Gasteiger partial charge in [0, 0.05) is 24.3 Å².